The highest BCUT2D eigenvalue weighted by Crippen LogP contribution is 2.24. The number of ether oxygens (including phenoxy) is 2. The summed E-state index contributed by atoms with van der Waals surface area (Å²) in [6, 6.07) is 17.6. The molecule has 1 aliphatic rings. The van der Waals surface area contributed by atoms with Gasteiger partial charge in [-0.15, -0.1) is 0 Å². The molecule has 1 aliphatic heterocycles. The molecule has 6 nitrogen and oxygen atoms in total. The molecule has 30 heavy (non-hydrogen) atoms. The minimum absolute atomic E-state index is 0.0489. The van der Waals surface area contributed by atoms with Crippen molar-refractivity contribution >= 4 is 11.8 Å². The van der Waals surface area contributed by atoms with Gasteiger partial charge in [-0.1, -0.05) is 63.2 Å². The van der Waals surface area contributed by atoms with E-state index in [1.165, 1.54) is 5.56 Å². The zero-order valence-electron chi connectivity index (χ0n) is 17.9. The fourth-order valence-electron chi connectivity index (χ4n) is 3.28. The van der Waals surface area contributed by atoms with E-state index in [1.807, 2.05) is 54.6 Å². The van der Waals surface area contributed by atoms with Gasteiger partial charge in [-0.25, -0.2) is 0 Å². The number of hydrogen-bond donors (Lipinski definition) is 1. The molecule has 0 saturated carbocycles. The zero-order valence-corrected chi connectivity index (χ0v) is 17.9. The van der Waals surface area contributed by atoms with Gasteiger partial charge in [0.05, 0.1) is 19.7 Å². The molecular weight excluding hydrogens is 380 g/mol. The number of hydrogen-bond acceptors (Lipinski definition) is 4. The van der Waals surface area contributed by atoms with E-state index >= 15 is 0 Å². The van der Waals surface area contributed by atoms with Crippen molar-refractivity contribution in [1.82, 2.24) is 10.2 Å². The van der Waals surface area contributed by atoms with E-state index in [0.29, 0.717) is 25.4 Å². The molecule has 1 N–H and O–H groups in total. The third-order valence-corrected chi connectivity index (χ3v) is 5.12. The summed E-state index contributed by atoms with van der Waals surface area (Å²) in [5, 5.41) is 2.64. The van der Waals surface area contributed by atoms with Crippen LogP contribution in [-0.4, -0.2) is 49.6 Å². The van der Waals surface area contributed by atoms with Crippen LogP contribution >= 0.6 is 0 Å². The first-order valence-corrected chi connectivity index (χ1v) is 10.3. The van der Waals surface area contributed by atoms with Crippen LogP contribution in [0.25, 0.3) is 0 Å². The Balaban J connectivity index is 1.42. The topological polar surface area (TPSA) is 67.9 Å². The number of carbonyl (C=O) groups is 2. The second-order valence-corrected chi connectivity index (χ2v) is 8.45. The average Bonchev–Trinajstić information content (AvgIpc) is 2.76. The summed E-state index contributed by atoms with van der Waals surface area (Å²) in [4.78, 5) is 26.3. The van der Waals surface area contributed by atoms with E-state index in [-0.39, 0.29) is 36.5 Å². The monoisotopic (exact) mass is 410 g/mol. The maximum atomic E-state index is 12.5. The van der Waals surface area contributed by atoms with E-state index in [2.05, 4.69) is 26.1 Å². The molecule has 1 unspecified atom stereocenters. The van der Waals surface area contributed by atoms with Gasteiger partial charge >= 0.3 is 0 Å². The Bertz CT molecular complexity index is 844. The lowest BCUT2D eigenvalue weighted by Gasteiger charge is -2.33. The number of amides is 2. The summed E-state index contributed by atoms with van der Waals surface area (Å²) in [5.41, 5.74) is 2.31. The number of morpholine rings is 1. The van der Waals surface area contributed by atoms with Crippen LogP contribution < -0.4 is 10.1 Å². The molecule has 0 radical (unpaired) electrons. The van der Waals surface area contributed by atoms with E-state index in [4.69, 9.17) is 9.47 Å². The van der Waals surface area contributed by atoms with Gasteiger partial charge in [-0.3, -0.25) is 9.59 Å². The Morgan fingerprint density at radius 3 is 2.47 bits per heavy atom. The van der Waals surface area contributed by atoms with Crippen LogP contribution in [0.2, 0.25) is 0 Å². The third kappa shape index (κ3) is 6.07. The summed E-state index contributed by atoms with van der Waals surface area (Å²) >= 11 is 0. The highest BCUT2D eigenvalue weighted by atomic mass is 16.5. The molecule has 1 saturated heterocycles. The molecule has 160 valence electrons. The van der Waals surface area contributed by atoms with Crippen molar-refractivity contribution in [2.75, 3.05) is 32.8 Å². The second kappa shape index (κ2) is 9.76. The Morgan fingerprint density at radius 2 is 1.80 bits per heavy atom. The summed E-state index contributed by atoms with van der Waals surface area (Å²) in [7, 11) is 0. The van der Waals surface area contributed by atoms with Gasteiger partial charge in [-0.2, -0.15) is 0 Å². The number of benzene rings is 2. The molecule has 2 aromatic rings. The van der Waals surface area contributed by atoms with E-state index in [1.54, 1.807) is 4.90 Å². The van der Waals surface area contributed by atoms with Crippen LogP contribution in [0.3, 0.4) is 0 Å². The van der Waals surface area contributed by atoms with Crippen LogP contribution in [0, 0.1) is 0 Å². The fourth-order valence-corrected chi connectivity index (χ4v) is 3.28. The second-order valence-electron chi connectivity index (χ2n) is 8.45. The Hall–Kier alpha value is -2.86. The Kier molecular flexibility index (Phi) is 7.11. The van der Waals surface area contributed by atoms with Crippen molar-refractivity contribution < 1.29 is 19.1 Å². The maximum absolute atomic E-state index is 12.5. The largest absolute Gasteiger partial charge is 0.484 e. The minimum Gasteiger partial charge on any atom is -0.484 e. The van der Waals surface area contributed by atoms with E-state index in [0.717, 1.165) is 5.56 Å². The van der Waals surface area contributed by atoms with Crippen molar-refractivity contribution in [1.29, 1.82) is 0 Å². The first kappa shape index (κ1) is 21.8. The molecule has 1 heterocycles. The quantitative estimate of drug-likeness (QED) is 0.795. The molecule has 2 aromatic carbocycles. The van der Waals surface area contributed by atoms with Gasteiger partial charge in [0.25, 0.3) is 5.91 Å². The van der Waals surface area contributed by atoms with Gasteiger partial charge in [0, 0.05) is 6.54 Å². The number of carbonyl (C=O) groups excluding carboxylic acids is 2. The van der Waals surface area contributed by atoms with Crippen LogP contribution in [0.4, 0.5) is 0 Å². The van der Waals surface area contributed by atoms with Gasteiger partial charge in [0.15, 0.2) is 6.61 Å². The van der Waals surface area contributed by atoms with Crippen LogP contribution in [0.1, 0.15) is 38.0 Å². The summed E-state index contributed by atoms with van der Waals surface area (Å²) in [6.07, 6.45) is -0.140. The summed E-state index contributed by atoms with van der Waals surface area (Å²) < 4.78 is 11.3. The van der Waals surface area contributed by atoms with Crippen molar-refractivity contribution in [2.45, 2.75) is 32.3 Å². The van der Waals surface area contributed by atoms with Gasteiger partial charge in [0.2, 0.25) is 5.91 Å². The summed E-state index contributed by atoms with van der Waals surface area (Å²) in [6.45, 7) is 7.74. The third-order valence-electron chi connectivity index (χ3n) is 5.12. The normalized spacial score (nSPS) is 16.8. The predicted octanol–water partition coefficient (Wildman–Crippen LogP) is 3.08. The zero-order chi connectivity index (χ0) is 21.6. The highest BCUT2D eigenvalue weighted by molar-refractivity contribution is 5.85. The van der Waals surface area contributed by atoms with Crippen molar-refractivity contribution in [2.24, 2.45) is 0 Å². The molecule has 6 heteroatoms. The fraction of sp³-hybridized carbons (Fsp3) is 0.417. The molecule has 0 bridgehead atoms. The number of nitrogens with one attached hydrogen (secondary N) is 1. The van der Waals surface area contributed by atoms with Gasteiger partial charge in [-0.05, 0) is 28.7 Å². The molecule has 1 fully saturated rings. The standard InChI is InChI=1S/C24H30N2O4/c1-24(2,3)19-9-11-20(12-10-19)30-17-22(27)25-15-23(28)26-13-14-29-21(16-26)18-7-5-4-6-8-18/h4-12,21H,13-17H2,1-3H3,(H,25,27). The SMILES string of the molecule is CC(C)(C)c1ccc(OCC(=O)NCC(=O)N2CCOC(c3ccccc3)C2)cc1. The van der Waals surface area contributed by atoms with Crippen LogP contribution in [0.15, 0.2) is 54.6 Å². The first-order chi connectivity index (χ1) is 14.3. The first-order valence-electron chi connectivity index (χ1n) is 10.3. The molecule has 2 amide bonds. The molecule has 0 aromatic heterocycles. The predicted molar refractivity (Wildman–Crippen MR) is 115 cm³/mol. The average molecular weight is 411 g/mol. The Morgan fingerprint density at radius 1 is 1.10 bits per heavy atom. The number of nitrogens with zero attached hydrogens (tertiary/aromatic N) is 1. The number of rotatable bonds is 6. The Labute approximate surface area is 178 Å². The minimum atomic E-state index is -0.323. The lowest BCUT2D eigenvalue weighted by Crippen LogP contribution is -2.47. The van der Waals surface area contributed by atoms with E-state index < -0.39 is 0 Å². The molecule has 0 spiro atoms. The molecule has 1 atom stereocenters. The lowest BCUT2D eigenvalue weighted by atomic mass is 9.87. The smallest absolute Gasteiger partial charge is 0.258 e. The van der Waals surface area contributed by atoms with Crippen molar-refractivity contribution in [3.8, 4) is 5.75 Å². The van der Waals surface area contributed by atoms with Crippen molar-refractivity contribution in [3.63, 3.8) is 0 Å². The van der Waals surface area contributed by atoms with Crippen molar-refractivity contribution in [3.05, 3.63) is 65.7 Å². The van der Waals surface area contributed by atoms with Gasteiger partial charge < -0.3 is 19.7 Å². The highest BCUT2D eigenvalue weighted by Gasteiger charge is 2.25. The summed E-state index contributed by atoms with van der Waals surface area (Å²) in [5.74, 6) is 0.182. The molecular formula is C24H30N2O4. The van der Waals surface area contributed by atoms with Crippen LogP contribution in [0.5, 0.6) is 5.75 Å². The van der Waals surface area contributed by atoms with E-state index in [9.17, 15) is 9.59 Å². The van der Waals surface area contributed by atoms with Gasteiger partial charge in [0.1, 0.15) is 11.9 Å². The maximum Gasteiger partial charge on any atom is 0.258 e. The molecule has 0 aliphatic carbocycles. The van der Waals surface area contributed by atoms with Crippen LogP contribution in [-0.2, 0) is 19.7 Å². The molecule has 3 rings (SSSR count). The lowest BCUT2D eigenvalue weighted by molar-refractivity contribution is -0.139.